The van der Waals surface area contributed by atoms with Gasteiger partial charge < -0.3 is 10.1 Å². The van der Waals surface area contributed by atoms with E-state index in [1.54, 1.807) is 12.1 Å². The maximum atomic E-state index is 11.4. The Morgan fingerprint density at radius 1 is 1.45 bits per heavy atom. The zero-order chi connectivity index (χ0) is 14.5. The van der Waals surface area contributed by atoms with Crippen molar-refractivity contribution in [2.24, 2.45) is 11.0 Å². The van der Waals surface area contributed by atoms with E-state index >= 15 is 0 Å². The lowest BCUT2D eigenvalue weighted by molar-refractivity contribution is -0.122. The quantitative estimate of drug-likeness (QED) is 0.864. The molecular formula is C14H17N3O3. The molecule has 0 saturated heterocycles. The average Bonchev–Trinajstić information content (AvgIpc) is 2.40. The molecule has 6 nitrogen and oxygen atoms in total. The zero-order valence-corrected chi connectivity index (χ0v) is 11.5. The summed E-state index contributed by atoms with van der Waals surface area (Å²) in [6.07, 6.45) is 0.436. The van der Waals surface area contributed by atoms with Crippen molar-refractivity contribution in [3.8, 4) is 0 Å². The Kier molecular flexibility index (Phi) is 4.47. The topological polar surface area (TPSA) is 79.8 Å². The highest BCUT2D eigenvalue weighted by Gasteiger charge is 2.21. The SMILES string of the molecule is COCC(=O)Nc1ccc(C2=NNC(=O)CC2C)cc1. The Balaban J connectivity index is 2.08. The van der Waals surface area contributed by atoms with E-state index in [9.17, 15) is 9.59 Å². The lowest BCUT2D eigenvalue weighted by Crippen LogP contribution is -2.31. The van der Waals surface area contributed by atoms with Gasteiger partial charge in [0.15, 0.2) is 0 Å². The number of benzene rings is 1. The van der Waals surface area contributed by atoms with Gasteiger partial charge in [-0.3, -0.25) is 9.59 Å². The summed E-state index contributed by atoms with van der Waals surface area (Å²) < 4.78 is 4.75. The van der Waals surface area contributed by atoms with Crippen molar-refractivity contribution in [3.05, 3.63) is 29.8 Å². The molecule has 0 fully saturated rings. The van der Waals surface area contributed by atoms with Crippen LogP contribution in [-0.2, 0) is 14.3 Å². The molecule has 0 bridgehead atoms. The number of rotatable bonds is 4. The van der Waals surface area contributed by atoms with Crippen LogP contribution >= 0.6 is 0 Å². The highest BCUT2D eigenvalue weighted by Crippen LogP contribution is 2.18. The van der Waals surface area contributed by atoms with Gasteiger partial charge in [0.05, 0.1) is 5.71 Å². The van der Waals surface area contributed by atoms with Crippen LogP contribution in [0.1, 0.15) is 18.9 Å². The second-order valence-corrected chi connectivity index (χ2v) is 4.70. The summed E-state index contributed by atoms with van der Waals surface area (Å²) in [5, 5.41) is 6.81. The molecule has 0 aromatic heterocycles. The molecule has 1 heterocycles. The lowest BCUT2D eigenvalue weighted by atomic mass is 9.94. The summed E-state index contributed by atoms with van der Waals surface area (Å²) in [6.45, 7) is 1.99. The van der Waals surface area contributed by atoms with Crippen molar-refractivity contribution < 1.29 is 14.3 Å². The number of methoxy groups -OCH3 is 1. The molecule has 20 heavy (non-hydrogen) atoms. The molecule has 2 N–H and O–H groups in total. The minimum Gasteiger partial charge on any atom is -0.375 e. The molecule has 2 amide bonds. The van der Waals surface area contributed by atoms with Gasteiger partial charge in [0.25, 0.3) is 0 Å². The second kappa shape index (κ2) is 6.29. The fourth-order valence-electron chi connectivity index (χ4n) is 2.05. The van der Waals surface area contributed by atoms with Crippen LogP contribution in [0.2, 0.25) is 0 Å². The molecule has 0 aliphatic carbocycles. The smallest absolute Gasteiger partial charge is 0.250 e. The first-order valence-corrected chi connectivity index (χ1v) is 6.36. The van der Waals surface area contributed by atoms with E-state index in [2.05, 4.69) is 15.8 Å². The maximum Gasteiger partial charge on any atom is 0.250 e. The van der Waals surface area contributed by atoms with E-state index in [4.69, 9.17) is 4.74 Å². The highest BCUT2D eigenvalue weighted by atomic mass is 16.5. The number of amides is 2. The Bertz CT molecular complexity index is 537. The van der Waals surface area contributed by atoms with Crippen molar-refractivity contribution >= 4 is 23.2 Å². The number of nitrogens with one attached hydrogen (secondary N) is 2. The van der Waals surface area contributed by atoms with Crippen LogP contribution in [0.15, 0.2) is 29.4 Å². The molecule has 1 aromatic carbocycles. The number of carbonyl (C=O) groups excluding carboxylic acids is 2. The van der Waals surface area contributed by atoms with Crippen molar-refractivity contribution in [1.29, 1.82) is 0 Å². The molecule has 0 spiro atoms. The third-order valence-corrected chi connectivity index (χ3v) is 3.00. The summed E-state index contributed by atoms with van der Waals surface area (Å²) in [5.74, 6) is -0.182. The Morgan fingerprint density at radius 2 is 2.15 bits per heavy atom. The van der Waals surface area contributed by atoms with E-state index in [-0.39, 0.29) is 24.3 Å². The van der Waals surface area contributed by atoms with Crippen molar-refractivity contribution in [2.45, 2.75) is 13.3 Å². The molecule has 1 unspecified atom stereocenters. The summed E-state index contributed by atoms with van der Waals surface area (Å²) in [4.78, 5) is 22.6. The minimum absolute atomic E-state index is 0.0253. The van der Waals surface area contributed by atoms with Gasteiger partial charge in [-0.25, -0.2) is 5.43 Å². The van der Waals surface area contributed by atoms with E-state index in [1.807, 2.05) is 19.1 Å². The van der Waals surface area contributed by atoms with Gasteiger partial charge in [0, 0.05) is 25.1 Å². The Morgan fingerprint density at radius 3 is 2.75 bits per heavy atom. The second-order valence-electron chi connectivity index (χ2n) is 4.70. The van der Waals surface area contributed by atoms with Crippen LogP contribution in [0.3, 0.4) is 0 Å². The first-order chi connectivity index (χ1) is 9.60. The van der Waals surface area contributed by atoms with Crippen LogP contribution < -0.4 is 10.7 Å². The van der Waals surface area contributed by atoms with E-state index in [1.165, 1.54) is 7.11 Å². The van der Waals surface area contributed by atoms with Crippen molar-refractivity contribution in [1.82, 2.24) is 5.43 Å². The van der Waals surface area contributed by atoms with Crippen molar-refractivity contribution in [2.75, 3.05) is 19.0 Å². The van der Waals surface area contributed by atoms with Gasteiger partial charge in [-0.2, -0.15) is 5.10 Å². The standard InChI is InChI=1S/C14H17N3O3/c1-9-7-12(18)16-17-14(9)10-3-5-11(6-4-10)15-13(19)8-20-2/h3-6,9H,7-8H2,1-2H3,(H,15,19)(H,16,18). The van der Waals surface area contributed by atoms with Gasteiger partial charge in [-0.05, 0) is 17.7 Å². The number of ether oxygens (including phenoxy) is 1. The number of hydrogen-bond donors (Lipinski definition) is 2. The number of anilines is 1. The summed E-state index contributed by atoms with van der Waals surface area (Å²) >= 11 is 0. The molecule has 1 aliphatic rings. The van der Waals surface area contributed by atoms with Gasteiger partial charge in [0.2, 0.25) is 11.8 Å². The fraction of sp³-hybridized carbons (Fsp3) is 0.357. The molecule has 0 radical (unpaired) electrons. The first kappa shape index (κ1) is 14.2. The number of hydrazone groups is 1. The lowest BCUT2D eigenvalue weighted by Gasteiger charge is -2.19. The van der Waals surface area contributed by atoms with E-state index in [0.29, 0.717) is 12.1 Å². The van der Waals surface area contributed by atoms with E-state index in [0.717, 1.165) is 11.3 Å². The van der Waals surface area contributed by atoms with Gasteiger partial charge in [0.1, 0.15) is 6.61 Å². The first-order valence-electron chi connectivity index (χ1n) is 6.36. The molecular weight excluding hydrogens is 258 g/mol. The number of carbonyl (C=O) groups is 2. The van der Waals surface area contributed by atoms with Crippen LogP contribution in [0, 0.1) is 5.92 Å². The Labute approximate surface area is 117 Å². The van der Waals surface area contributed by atoms with Crippen LogP contribution in [-0.4, -0.2) is 31.2 Å². The monoisotopic (exact) mass is 275 g/mol. The van der Waals surface area contributed by atoms with Crippen molar-refractivity contribution in [3.63, 3.8) is 0 Å². The predicted octanol–water partition coefficient (Wildman–Crippen LogP) is 1.13. The minimum atomic E-state index is -0.198. The summed E-state index contributed by atoms with van der Waals surface area (Å²) in [7, 11) is 1.47. The molecule has 106 valence electrons. The third kappa shape index (κ3) is 3.42. The Hall–Kier alpha value is -2.21. The van der Waals surface area contributed by atoms with E-state index < -0.39 is 0 Å². The molecule has 1 aliphatic heterocycles. The molecule has 1 aromatic rings. The third-order valence-electron chi connectivity index (χ3n) is 3.00. The molecule has 0 saturated carbocycles. The maximum absolute atomic E-state index is 11.4. The predicted molar refractivity (Wildman–Crippen MR) is 75.4 cm³/mol. The molecule has 1 atom stereocenters. The number of hydrogen-bond acceptors (Lipinski definition) is 4. The summed E-state index contributed by atoms with van der Waals surface area (Å²) in [6, 6.07) is 7.34. The number of nitrogens with zero attached hydrogens (tertiary/aromatic N) is 1. The van der Waals surface area contributed by atoms with Gasteiger partial charge in [-0.15, -0.1) is 0 Å². The van der Waals surface area contributed by atoms with Crippen LogP contribution in [0.5, 0.6) is 0 Å². The van der Waals surface area contributed by atoms with Gasteiger partial charge >= 0.3 is 0 Å². The van der Waals surface area contributed by atoms with Gasteiger partial charge in [-0.1, -0.05) is 19.1 Å². The highest BCUT2D eigenvalue weighted by molar-refractivity contribution is 6.06. The summed E-state index contributed by atoms with van der Waals surface area (Å²) in [5.41, 5.74) is 4.96. The average molecular weight is 275 g/mol. The normalized spacial score (nSPS) is 18.2. The molecule has 2 rings (SSSR count). The van der Waals surface area contributed by atoms with Crippen LogP contribution in [0.25, 0.3) is 0 Å². The molecule has 6 heteroatoms. The van der Waals surface area contributed by atoms with Crippen LogP contribution in [0.4, 0.5) is 5.69 Å². The zero-order valence-electron chi connectivity index (χ0n) is 11.5. The fourth-order valence-corrected chi connectivity index (χ4v) is 2.05. The largest absolute Gasteiger partial charge is 0.375 e.